The van der Waals surface area contributed by atoms with E-state index in [1.165, 1.54) is 0 Å². The maximum Gasteiger partial charge on any atom is 0.323 e. The van der Waals surface area contributed by atoms with E-state index < -0.39 is 0 Å². The smallest absolute Gasteiger partial charge is 0.323 e. The van der Waals surface area contributed by atoms with Crippen LogP contribution in [0.3, 0.4) is 0 Å². The predicted molar refractivity (Wildman–Crippen MR) is 119 cm³/mol. The minimum atomic E-state index is -0.332. The second-order valence-corrected chi connectivity index (χ2v) is 7.60. The lowest BCUT2D eigenvalue weighted by molar-refractivity contribution is 0.0940. The molecule has 154 valence electrons. The fraction of sp³-hybridized carbons (Fsp3) is 0.391. The average molecular weight is 395 g/mol. The first kappa shape index (κ1) is 20.7. The van der Waals surface area contributed by atoms with Gasteiger partial charge in [-0.15, -0.1) is 0 Å². The van der Waals surface area contributed by atoms with E-state index in [4.69, 9.17) is 0 Å². The maximum absolute atomic E-state index is 12.9. The number of para-hydroxylation sites is 1. The van der Waals surface area contributed by atoms with Gasteiger partial charge in [-0.25, -0.2) is 4.79 Å². The zero-order valence-corrected chi connectivity index (χ0v) is 17.4. The van der Waals surface area contributed by atoms with Crippen molar-refractivity contribution in [2.75, 3.05) is 28.6 Å². The van der Waals surface area contributed by atoms with E-state index in [9.17, 15) is 9.59 Å². The molecule has 3 amide bonds. The Labute approximate surface area is 172 Å². The van der Waals surface area contributed by atoms with Gasteiger partial charge in [0.05, 0.1) is 5.56 Å². The summed E-state index contributed by atoms with van der Waals surface area (Å²) < 4.78 is 0. The Bertz CT molecular complexity index is 875. The number of nitrogens with zero attached hydrogens (tertiary/aromatic N) is 1. The monoisotopic (exact) mass is 394 g/mol. The zero-order chi connectivity index (χ0) is 20.8. The van der Waals surface area contributed by atoms with E-state index in [-0.39, 0.29) is 18.0 Å². The van der Waals surface area contributed by atoms with Crippen molar-refractivity contribution in [3.8, 4) is 0 Å². The summed E-state index contributed by atoms with van der Waals surface area (Å²) in [6.45, 7) is 7.87. The first-order valence-corrected chi connectivity index (χ1v) is 10.3. The Morgan fingerprint density at radius 1 is 1.07 bits per heavy atom. The average Bonchev–Trinajstić information content (AvgIpc) is 3.24. The van der Waals surface area contributed by atoms with E-state index in [1.807, 2.05) is 57.2 Å². The Hall–Kier alpha value is -3.02. The number of urea groups is 1. The first-order valence-electron chi connectivity index (χ1n) is 10.3. The molecular weight excluding hydrogens is 364 g/mol. The molecule has 3 rings (SSSR count). The molecule has 1 aliphatic rings. The van der Waals surface area contributed by atoms with Crippen LogP contribution in [0.15, 0.2) is 42.5 Å². The van der Waals surface area contributed by atoms with Crippen molar-refractivity contribution in [3.63, 3.8) is 0 Å². The highest BCUT2D eigenvalue weighted by Gasteiger charge is 2.21. The Morgan fingerprint density at radius 3 is 2.48 bits per heavy atom. The topological polar surface area (TPSA) is 73.5 Å². The maximum atomic E-state index is 12.9. The van der Waals surface area contributed by atoms with E-state index in [0.29, 0.717) is 11.3 Å². The highest BCUT2D eigenvalue weighted by atomic mass is 16.2. The Morgan fingerprint density at radius 2 is 1.79 bits per heavy atom. The summed E-state index contributed by atoms with van der Waals surface area (Å²) in [5.41, 5.74) is 3.86. The molecule has 0 bridgehead atoms. The lowest BCUT2D eigenvalue weighted by Crippen LogP contribution is -2.33. The van der Waals surface area contributed by atoms with Gasteiger partial charge in [0, 0.05) is 36.2 Å². The summed E-state index contributed by atoms with van der Waals surface area (Å²) in [5.74, 6) is -0.107. The summed E-state index contributed by atoms with van der Waals surface area (Å²) >= 11 is 0. The predicted octanol–water partition coefficient (Wildman–Crippen LogP) is 4.77. The van der Waals surface area contributed by atoms with Gasteiger partial charge in [-0.3, -0.25) is 4.79 Å². The number of anilines is 3. The third-order valence-corrected chi connectivity index (χ3v) is 5.33. The molecule has 1 fully saturated rings. The van der Waals surface area contributed by atoms with E-state index >= 15 is 0 Å². The largest absolute Gasteiger partial charge is 0.371 e. The van der Waals surface area contributed by atoms with Crippen LogP contribution >= 0.6 is 0 Å². The number of benzene rings is 2. The van der Waals surface area contributed by atoms with Crippen LogP contribution in [-0.4, -0.2) is 31.1 Å². The van der Waals surface area contributed by atoms with Crippen molar-refractivity contribution in [1.29, 1.82) is 0 Å². The number of hydrogen-bond donors (Lipinski definition) is 3. The molecule has 0 unspecified atom stereocenters. The van der Waals surface area contributed by atoms with E-state index in [0.717, 1.165) is 49.3 Å². The van der Waals surface area contributed by atoms with Crippen molar-refractivity contribution >= 4 is 29.0 Å². The number of aryl methyl sites for hydroxylation is 1. The van der Waals surface area contributed by atoms with Gasteiger partial charge in [0.2, 0.25) is 0 Å². The van der Waals surface area contributed by atoms with Crippen molar-refractivity contribution in [3.05, 3.63) is 53.6 Å². The summed E-state index contributed by atoms with van der Waals surface area (Å²) in [6.07, 6.45) is 3.12. The number of hydrogen-bond acceptors (Lipinski definition) is 3. The van der Waals surface area contributed by atoms with Crippen LogP contribution in [0.4, 0.5) is 21.9 Å². The van der Waals surface area contributed by atoms with Gasteiger partial charge in [-0.2, -0.15) is 0 Å². The molecule has 3 N–H and O–H groups in total. The lowest BCUT2D eigenvalue weighted by atomic mass is 10.1. The van der Waals surface area contributed by atoms with Gasteiger partial charge in [0.25, 0.3) is 5.91 Å². The molecule has 6 nitrogen and oxygen atoms in total. The third-order valence-electron chi connectivity index (χ3n) is 5.33. The van der Waals surface area contributed by atoms with Gasteiger partial charge in [0.1, 0.15) is 0 Å². The fourth-order valence-electron chi connectivity index (χ4n) is 3.43. The van der Waals surface area contributed by atoms with E-state index in [1.54, 1.807) is 6.07 Å². The highest BCUT2D eigenvalue weighted by Crippen LogP contribution is 2.28. The third kappa shape index (κ3) is 5.28. The van der Waals surface area contributed by atoms with Crippen LogP contribution in [0.25, 0.3) is 0 Å². The minimum Gasteiger partial charge on any atom is -0.371 e. The summed E-state index contributed by atoms with van der Waals surface area (Å²) in [6, 6.07) is 12.9. The zero-order valence-electron chi connectivity index (χ0n) is 17.4. The molecule has 0 aromatic heterocycles. The molecule has 2 aromatic rings. The SMILES string of the molecule is CC[C@H](C)NC(=O)c1cc(NC(=O)Nc2ccccc2C)ccc1N1CCCC1. The molecule has 1 aliphatic heterocycles. The van der Waals surface area contributed by atoms with Gasteiger partial charge >= 0.3 is 6.03 Å². The standard InChI is InChI=1S/C23H30N4O2/c1-4-17(3)24-22(28)19-15-18(11-12-21(19)27-13-7-8-14-27)25-23(29)26-20-10-6-5-9-16(20)2/h5-6,9-12,15,17H,4,7-8,13-14H2,1-3H3,(H,24,28)(H2,25,26,29)/t17-/m0/s1. The molecule has 2 aromatic carbocycles. The molecule has 0 aliphatic carbocycles. The van der Waals surface area contributed by atoms with Gasteiger partial charge in [-0.05, 0) is 62.9 Å². The number of amides is 3. The number of nitrogens with one attached hydrogen (secondary N) is 3. The summed E-state index contributed by atoms with van der Waals surface area (Å²) in [7, 11) is 0. The number of rotatable bonds is 6. The van der Waals surface area contributed by atoms with Gasteiger partial charge in [0.15, 0.2) is 0 Å². The fourth-order valence-corrected chi connectivity index (χ4v) is 3.43. The van der Waals surface area contributed by atoms with Crippen LogP contribution in [0, 0.1) is 6.92 Å². The van der Waals surface area contributed by atoms with Gasteiger partial charge < -0.3 is 20.9 Å². The molecule has 1 atom stereocenters. The summed E-state index contributed by atoms with van der Waals surface area (Å²) in [4.78, 5) is 27.6. The van der Waals surface area contributed by atoms with Gasteiger partial charge in [-0.1, -0.05) is 25.1 Å². The van der Waals surface area contributed by atoms with Crippen LogP contribution in [0.5, 0.6) is 0 Å². The highest BCUT2D eigenvalue weighted by molar-refractivity contribution is 6.04. The quantitative estimate of drug-likeness (QED) is 0.661. The van der Waals surface area contributed by atoms with Crippen LogP contribution in [0.2, 0.25) is 0 Å². The second-order valence-electron chi connectivity index (χ2n) is 7.60. The van der Waals surface area contributed by atoms with E-state index in [2.05, 4.69) is 20.9 Å². The number of carbonyl (C=O) groups is 2. The van der Waals surface area contributed by atoms with Crippen molar-refractivity contribution < 1.29 is 9.59 Å². The summed E-state index contributed by atoms with van der Waals surface area (Å²) in [5, 5.41) is 8.75. The molecule has 0 spiro atoms. The van der Waals surface area contributed by atoms with Crippen LogP contribution < -0.4 is 20.9 Å². The molecule has 0 radical (unpaired) electrons. The lowest BCUT2D eigenvalue weighted by Gasteiger charge is -2.23. The van der Waals surface area contributed by atoms with Crippen molar-refractivity contribution in [2.24, 2.45) is 0 Å². The van der Waals surface area contributed by atoms with Crippen molar-refractivity contribution in [1.82, 2.24) is 5.32 Å². The minimum absolute atomic E-state index is 0.0925. The molecule has 0 saturated carbocycles. The molecular formula is C23H30N4O2. The Balaban J connectivity index is 1.80. The normalized spacial score (nSPS) is 14.4. The molecule has 6 heteroatoms. The molecule has 1 heterocycles. The number of carbonyl (C=O) groups excluding carboxylic acids is 2. The Kier molecular flexibility index (Phi) is 6.75. The van der Waals surface area contributed by atoms with Crippen LogP contribution in [-0.2, 0) is 0 Å². The molecule has 1 saturated heterocycles. The van der Waals surface area contributed by atoms with Crippen molar-refractivity contribution in [2.45, 2.75) is 46.1 Å². The first-order chi connectivity index (χ1) is 14.0. The van der Waals surface area contributed by atoms with Crippen LogP contribution in [0.1, 0.15) is 49.0 Å². The molecule has 29 heavy (non-hydrogen) atoms. The second kappa shape index (κ2) is 9.45.